The van der Waals surface area contributed by atoms with Crippen molar-refractivity contribution in [2.24, 2.45) is 0 Å². The van der Waals surface area contributed by atoms with Gasteiger partial charge in [-0.15, -0.1) is 5.73 Å². The normalized spacial score (nSPS) is 17.7. The zero-order valence-electron chi connectivity index (χ0n) is 9.52. The van der Waals surface area contributed by atoms with E-state index in [1.54, 1.807) is 6.08 Å². The zero-order valence-corrected chi connectivity index (χ0v) is 9.52. The fraction of sp³-hybridized carbons (Fsp3) is 0.400. The van der Waals surface area contributed by atoms with Crippen LogP contribution in [0.2, 0.25) is 0 Å². The van der Waals surface area contributed by atoms with Gasteiger partial charge in [-0.1, -0.05) is 36.8 Å². The molecule has 1 aliphatic rings. The summed E-state index contributed by atoms with van der Waals surface area (Å²) in [6.45, 7) is 0. The highest BCUT2D eigenvalue weighted by Crippen LogP contribution is 2.22. The maximum absolute atomic E-state index is 9.92. The summed E-state index contributed by atoms with van der Waals surface area (Å²) in [5.74, 6) is 0. The molecule has 1 saturated carbocycles. The molecular weight excluding hydrogens is 196 g/mol. The van der Waals surface area contributed by atoms with Crippen molar-refractivity contribution in [1.82, 2.24) is 0 Å². The van der Waals surface area contributed by atoms with Gasteiger partial charge < -0.3 is 5.11 Å². The molecule has 16 heavy (non-hydrogen) atoms. The van der Waals surface area contributed by atoms with Gasteiger partial charge in [0.05, 0.1) is 0 Å². The van der Waals surface area contributed by atoms with E-state index in [-0.39, 0.29) is 0 Å². The van der Waals surface area contributed by atoms with Gasteiger partial charge in [-0.05, 0) is 42.9 Å². The Morgan fingerprint density at radius 1 is 1.06 bits per heavy atom. The smallest absolute Gasteiger partial charge is 0.104 e. The van der Waals surface area contributed by atoms with Crippen molar-refractivity contribution in [3.8, 4) is 0 Å². The van der Waals surface area contributed by atoms with Crippen LogP contribution in [0.1, 0.15) is 43.8 Å². The van der Waals surface area contributed by atoms with E-state index in [1.807, 2.05) is 30.3 Å². The van der Waals surface area contributed by atoms with Crippen LogP contribution in [0.3, 0.4) is 0 Å². The average molecular weight is 214 g/mol. The average Bonchev–Trinajstić information content (AvgIpc) is 2.38. The third kappa shape index (κ3) is 3.10. The SMILES string of the molecule is OC(C=C=C1CCCCC1)c1ccccc1. The van der Waals surface area contributed by atoms with Crippen LogP contribution in [0, 0.1) is 0 Å². The largest absolute Gasteiger partial charge is 0.384 e. The van der Waals surface area contributed by atoms with Crippen LogP contribution in [0.5, 0.6) is 0 Å². The molecule has 0 aromatic heterocycles. The van der Waals surface area contributed by atoms with Crippen LogP contribution in [0.15, 0.2) is 47.7 Å². The summed E-state index contributed by atoms with van der Waals surface area (Å²) in [6, 6.07) is 9.72. The van der Waals surface area contributed by atoms with Gasteiger partial charge in [-0.2, -0.15) is 0 Å². The first-order chi connectivity index (χ1) is 7.86. The summed E-state index contributed by atoms with van der Waals surface area (Å²) in [7, 11) is 0. The molecule has 0 radical (unpaired) electrons. The molecule has 1 fully saturated rings. The Kier molecular flexibility index (Phi) is 3.98. The summed E-state index contributed by atoms with van der Waals surface area (Å²) < 4.78 is 0. The van der Waals surface area contributed by atoms with Gasteiger partial charge in [0.25, 0.3) is 0 Å². The molecule has 1 heteroatoms. The summed E-state index contributed by atoms with van der Waals surface area (Å²) in [5, 5.41) is 9.92. The van der Waals surface area contributed by atoms with Crippen molar-refractivity contribution in [2.45, 2.75) is 38.2 Å². The van der Waals surface area contributed by atoms with Gasteiger partial charge in [0.1, 0.15) is 6.10 Å². The molecule has 1 unspecified atom stereocenters. The number of benzene rings is 1. The minimum absolute atomic E-state index is 0.518. The fourth-order valence-electron chi connectivity index (χ4n) is 2.07. The second kappa shape index (κ2) is 5.69. The number of hydrogen-bond acceptors (Lipinski definition) is 1. The van der Waals surface area contributed by atoms with E-state index in [2.05, 4.69) is 5.73 Å². The number of aliphatic hydroxyl groups excluding tert-OH is 1. The molecule has 1 aliphatic carbocycles. The Labute approximate surface area is 97.1 Å². The molecule has 1 atom stereocenters. The molecular formula is C15H18O. The lowest BCUT2D eigenvalue weighted by molar-refractivity contribution is 0.229. The van der Waals surface area contributed by atoms with Gasteiger partial charge in [-0.25, -0.2) is 0 Å². The van der Waals surface area contributed by atoms with Gasteiger partial charge in [-0.3, -0.25) is 0 Å². The van der Waals surface area contributed by atoms with Crippen LogP contribution >= 0.6 is 0 Å². The van der Waals surface area contributed by atoms with Gasteiger partial charge in [0.2, 0.25) is 0 Å². The predicted molar refractivity (Wildman–Crippen MR) is 66.1 cm³/mol. The third-order valence-corrected chi connectivity index (χ3v) is 3.04. The summed E-state index contributed by atoms with van der Waals surface area (Å²) >= 11 is 0. The third-order valence-electron chi connectivity index (χ3n) is 3.04. The van der Waals surface area contributed by atoms with E-state index >= 15 is 0 Å². The quantitative estimate of drug-likeness (QED) is 0.743. The van der Waals surface area contributed by atoms with Crippen molar-refractivity contribution in [3.63, 3.8) is 0 Å². The van der Waals surface area contributed by atoms with Crippen molar-refractivity contribution >= 4 is 0 Å². The van der Waals surface area contributed by atoms with E-state index in [9.17, 15) is 5.11 Å². The molecule has 2 rings (SSSR count). The first kappa shape index (κ1) is 11.2. The van der Waals surface area contributed by atoms with Crippen LogP contribution in [-0.2, 0) is 0 Å². The van der Waals surface area contributed by atoms with E-state index < -0.39 is 6.10 Å². The molecule has 0 aliphatic heterocycles. The van der Waals surface area contributed by atoms with Gasteiger partial charge in [0.15, 0.2) is 0 Å². The molecule has 84 valence electrons. The van der Waals surface area contributed by atoms with Crippen molar-refractivity contribution in [3.05, 3.63) is 53.3 Å². The van der Waals surface area contributed by atoms with Crippen molar-refractivity contribution < 1.29 is 5.11 Å². The fourth-order valence-corrected chi connectivity index (χ4v) is 2.07. The van der Waals surface area contributed by atoms with Crippen LogP contribution < -0.4 is 0 Å². The Balaban J connectivity index is 2.06. The standard InChI is InChI=1S/C15H18O/c16-15(14-9-5-2-6-10-14)12-11-13-7-3-1-4-8-13/h2,5-6,9-10,12,15-16H,1,3-4,7-8H2. The van der Waals surface area contributed by atoms with Crippen LogP contribution in [-0.4, -0.2) is 5.11 Å². The van der Waals surface area contributed by atoms with E-state index in [4.69, 9.17) is 0 Å². The number of aliphatic hydroxyl groups is 1. The highest BCUT2D eigenvalue weighted by molar-refractivity contribution is 5.21. The maximum Gasteiger partial charge on any atom is 0.104 e. The summed E-state index contributed by atoms with van der Waals surface area (Å²) in [5.41, 5.74) is 5.56. The lowest BCUT2D eigenvalue weighted by Crippen LogP contribution is -1.94. The monoisotopic (exact) mass is 214 g/mol. The first-order valence-electron chi connectivity index (χ1n) is 6.04. The second-order valence-corrected chi connectivity index (χ2v) is 4.33. The highest BCUT2D eigenvalue weighted by Gasteiger charge is 2.05. The molecule has 1 N–H and O–H groups in total. The van der Waals surface area contributed by atoms with Crippen molar-refractivity contribution in [1.29, 1.82) is 0 Å². The van der Waals surface area contributed by atoms with E-state index in [0.717, 1.165) is 18.4 Å². The van der Waals surface area contributed by atoms with Crippen molar-refractivity contribution in [2.75, 3.05) is 0 Å². The van der Waals surface area contributed by atoms with Crippen LogP contribution in [0.4, 0.5) is 0 Å². The lowest BCUT2D eigenvalue weighted by Gasteiger charge is -2.11. The number of hydrogen-bond donors (Lipinski definition) is 1. The summed E-state index contributed by atoms with van der Waals surface area (Å²) in [4.78, 5) is 0. The predicted octanol–water partition coefficient (Wildman–Crippen LogP) is 3.77. The van der Waals surface area contributed by atoms with E-state index in [1.165, 1.54) is 24.8 Å². The second-order valence-electron chi connectivity index (χ2n) is 4.33. The maximum atomic E-state index is 9.92. The molecule has 1 nitrogen and oxygen atoms in total. The molecule has 1 aromatic rings. The molecule has 0 amide bonds. The molecule has 0 heterocycles. The minimum Gasteiger partial charge on any atom is -0.384 e. The Morgan fingerprint density at radius 3 is 2.44 bits per heavy atom. The van der Waals surface area contributed by atoms with Crippen LogP contribution in [0.25, 0.3) is 0 Å². The van der Waals surface area contributed by atoms with Gasteiger partial charge >= 0.3 is 0 Å². The molecule has 0 spiro atoms. The van der Waals surface area contributed by atoms with Gasteiger partial charge in [0, 0.05) is 0 Å². The van der Waals surface area contributed by atoms with E-state index in [0.29, 0.717) is 0 Å². The molecule has 1 aromatic carbocycles. The molecule has 0 bridgehead atoms. The zero-order chi connectivity index (χ0) is 11.2. The Hall–Kier alpha value is -1.30. The Bertz CT molecular complexity index is 377. The lowest BCUT2D eigenvalue weighted by atomic mass is 9.95. The Morgan fingerprint density at radius 2 is 1.75 bits per heavy atom. The molecule has 0 saturated heterocycles. The number of rotatable bonds is 2. The highest BCUT2D eigenvalue weighted by atomic mass is 16.3. The topological polar surface area (TPSA) is 20.2 Å². The minimum atomic E-state index is -0.518. The first-order valence-corrected chi connectivity index (χ1v) is 6.04. The summed E-state index contributed by atoms with van der Waals surface area (Å²) in [6.07, 6.45) is 7.46.